The SMILES string of the molecule is CC(=O)O[C@@H]1CC[C@@]2(C)C(=CC[C@H]3[C@@H]4CC[C@H](C(=O)O)[C@@]4(C)CC[C@@H]32)C1. The largest absolute Gasteiger partial charge is 0.481 e. The van der Waals surface area contributed by atoms with Crippen LogP contribution in [0, 0.1) is 34.5 Å². The topological polar surface area (TPSA) is 63.6 Å². The number of ether oxygens (including phenoxy) is 1. The van der Waals surface area contributed by atoms with Gasteiger partial charge in [-0.3, -0.25) is 9.59 Å². The van der Waals surface area contributed by atoms with Crippen LogP contribution in [-0.4, -0.2) is 23.1 Å². The Kier molecular flexibility index (Phi) is 4.24. The second-order valence-corrected chi connectivity index (χ2v) is 9.75. The van der Waals surface area contributed by atoms with E-state index in [4.69, 9.17) is 4.74 Å². The fraction of sp³-hybridized carbons (Fsp3) is 0.818. The summed E-state index contributed by atoms with van der Waals surface area (Å²) < 4.78 is 5.50. The summed E-state index contributed by atoms with van der Waals surface area (Å²) in [5.41, 5.74) is 1.68. The highest BCUT2D eigenvalue weighted by atomic mass is 16.5. The van der Waals surface area contributed by atoms with Crippen LogP contribution in [0.15, 0.2) is 11.6 Å². The maximum Gasteiger partial charge on any atom is 0.307 e. The number of hydrogen-bond acceptors (Lipinski definition) is 3. The van der Waals surface area contributed by atoms with Crippen molar-refractivity contribution in [1.29, 1.82) is 0 Å². The molecule has 0 bridgehead atoms. The highest BCUT2D eigenvalue weighted by Gasteiger charge is 2.60. The number of carbonyl (C=O) groups is 2. The average molecular weight is 360 g/mol. The molecule has 4 heteroatoms. The van der Waals surface area contributed by atoms with E-state index in [-0.39, 0.29) is 28.8 Å². The third-order valence-electron chi connectivity index (χ3n) is 8.69. The van der Waals surface area contributed by atoms with Crippen LogP contribution < -0.4 is 0 Å². The molecule has 0 unspecified atom stereocenters. The van der Waals surface area contributed by atoms with Crippen LogP contribution in [-0.2, 0) is 14.3 Å². The van der Waals surface area contributed by atoms with Crippen molar-refractivity contribution in [3.8, 4) is 0 Å². The number of carboxylic acids is 1. The fourth-order valence-electron chi connectivity index (χ4n) is 7.37. The molecule has 3 saturated carbocycles. The molecule has 4 aliphatic rings. The zero-order valence-electron chi connectivity index (χ0n) is 16.3. The number of carbonyl (C=O) groups excluding carboxylic acids is 1. The van der Waals surface area contributed by atoms with E-state index in [1.807, 2.05) is 0 Å². The van der Waals surface area contributed by atoms with Gasteiger partial charge in [0.2, 0.25) is 0 Å². The van der Waals surface area contributed by atoms with Gasteiger partial charge in [0.25, 0.3) is 0 Å². The Morgan fingerprint density at radius 1 is 1.12 bits per heavy atom. The van der Waals surface area contributed by atoms with Crippen molar-refractivity contribution < 1.29 is 19.4 Å². The van der Waals surface area contributed by atoms with Crippen LogP contribution in [0.3, 0.4) is 0 Å². The van der Waals surface area contributed by atoms with Gasteiger partial charge in [-0.15, -0.1) is 0 Å². The molecule has 0 saturated heterocycles. The van der Waals surface area contributed by atoms with Crippen molar-refractivity contribution in [3.63, 3.8) is 0 Å². The minimum absolute atomic E-state index is 0.0242. The van der Waals surface area contributed by atoms with Crippen LogP contribution in [0.1, 0.15) is 72.1 Å². The van der Waals surface area contributed by atoms with Crippen LogP contribution in [0.25, 0.3) is 0 Å². The first-order valence-corrected chi connectivity index (χ1v) is 10.4. The van der Waals surface area contributed by atoms with Crippen molar-refractivity contribution in [3.05, 3.63) is 11.6 Å². The van der Waals surface area contributed by atoms with E-state index >= 15 is 0 Å². The molecule has 0 aromatic carbocycles. The van der Waals surface area contributed by atoms with Crippen molar-refractivity contribution >= 4 is 11.9 Å². The number of hydrogen-bond donors (Lipinski definition) is 1. The van der Waals surface area contributed by atoms with Gasteiger partial charge in [0, 0.05) is 13.3 Å². The summed E-state index contributed by atoms with van der Waals surface area (Å²) in [5.74, 6) is 0.901. The van der Waals surface area contributed by atoms with E-state index in [2.05, 4.69) is 19.9 Å². The first-order valence-electron chi connectivity index (χ1n) is 10.4. The van der Waals surface area contributed by atoms with Gasteiger partial charge in [-0.25, -0.2) is 0 Å². The van der Waals surface area contributed by atoms with E-state index in [0.717, 1.165) is 51.4 Å². The fourth-order valence-corrected chi connectivity index (χ4v) is 7.37. The third-order valence-corrected chi connectivity index (χ3v) is 8.69. The second-order valence-electron chi connectivity index (χ2n) is 9.75. The standard InChI is InChI=1S/C22H32O4/c1-13(23)26-15-8-10-21(2)14(12-15)4-5-16-17-6-7-19(20(24)25)22(17,3)11-9-18(16)21/h4,15-19H,5-12H2,1-3H3,(H,24,25)/t15-,16+,17+,18+,19-,21+,22+/m1/s1. The van der Waals surface area contributed by atoms with Gasteiger partial charge < -0.3 is 9.84 Å². The molecule has 3 fully saturated rings. The lowest BCUT2D eigenvalue weighted by Gasteiger charge is -2.57. The molecule has 1 N–H and O–H groups in total. The molecule has 0 aromatic heterocycles. The first-order chi connectivity index (χ1) is 12.3. The number of aliphatic carboxylic acids is 1. The highest BCUT2D eigenvalue weighted by Crippen LogP contribution is 2.66. The predicted octanol–water partition coefficient (Wildman–Crippen LogP) is 4.58. The quantitative estimate of drug-likeness (QED) is 0.578. The minimum atomic E-state index is -0.589. The molecule has 4 rings (SSSR count). The summed E-state index contributed by atoms with van der Waals surface area (Å²) in [4.78, 5) is 23.1. The molecule has 144 valence electrons. The Balaban J connectivity index is 1.59. The summed E-state index contributed by atoms with van der Waals surface area (Å²) in [6.07, 6.45) is 10.6. The number of esters is 1. The van der Waals surface area contributed by atoms with Crippen LogP contribution >= 0.6 is 0 Å². The summed E-state index contributed by atoms with van der Waals surface area (Å²) in [5, 5.41) is 9.70. The molecule has 7 atom stereocenters. The van der Waals surface area contributed by atoms with E-state index in [1.165, 1.54) is 12.5 Å². The van der Waals surface area contributed by atoms with Gasteiger partial charge in [0.05, 0.1) is 5.92 Å². The highest BCUT2D eigenvalue weighted by molar-refractivity contribution is 5.71. The zero-order chi connectivity index (χ0) is 18.7. The van der Waals surface area contributed by atoms with Crippen LogP contribution in [0.2, 0.25) is 0 Å². The lowest BCUT2D eigenvalue weighted by Crippen LogP contribution is -2.51. The van der Waals surface area contributed by atoms with Crippen molar-refractivity contribution in [2.24, 2.45) is 34.5 Å². The summed E-state index contributed by atoms with van der Waals surface area (Å²) in [6, 6.07) is 0. The summed E-state index contributed by atoms with van der Waals surface area (Å²) in [7, 11) is 0. The molecular formula is C22H32O4. The van der Waals surface area contributed by atoms with Gasteiger partial charge in [-0.1, -0.05) is 25.5 Å². The lowest BCUT2D eigenvalue weighted by molar-refractivity contribution is -0.151. The monoisotopic (exact) mass is 360 g/mol. The third kappa shape index (κ3) is 2.55. The van der Waals surface area contributed by atoms with E-state index in [1.54, 1.807) is 0 Å². The molecule has 0 amide bonds. The molecule has 0 spiro atoms. The van der Waals surface area contributed by atoms with Crippen molar-refractivity contribution in [1.82, 2.24) is 0 Å². The van der Waals surface area contributed by atoms with Gasteiger partial charge in [0.15, 0.2) is 0 Å². The Bertz CT molecular complexity index is 653. The zero-order valence-corrected chi connectivity index (χ0v) is 16.3. The van der Waals surface area contributed by atoms with Crippen LogP contribution in [0.5, 0.6) is 0 Å². The maximum absolute atomic E-state index is 11.8. The summed E-state index contributed by atoms with van der Waals surface area (Å²) in [6.45, 7) is 6.17. The Hall–Kier alpha value is -1.32. The van der Waals surface area contributed by atoms with Crippen LogP contribution in [0.4, 0.5) is 0 Å². The molecule has 4 nitrogen and oxygen atoms in total. The van der Waals surface area contributed by atoms with Crippen molar-refractivity contribution in [2.75, 3.05) is 0 Å². The number of fused-ring (bicyclic) bond motifs is 5. The number of rotatable bonds is 2. The molecule has 0 aromatic rings. The van der Waals surface area contributed by atoms with E-state index in [0.29, 0.717) is 17.8 Å². The molecule has 26 heavy (non-hydrogen) atoms. The van der Waals surface area contributed by atoms with E-state index < -0.39 is 5.97 Å². The van der Waals surface area contributed by atoms with Gasteiger partial charge in [-0.05, 0) is 73.5 Å². The lowest BCUT2D eigenvalue weighted by atomic mass is 9.47. The number of carboxylic acid groups (broad SMARTS) is 1. The van der Waals surface area contributed by atoms with Gasteiger partial charge in [0.1, 0.15) is 6.10 Å². The average Bonchev–Trinajstić information content (AvgIpc) is 2.92. The molecule has 0 heterocycles. The summed E-state index contributed by atoms with van der Waals surface area (Å²) >= 11 is 0. The van der Waals surface area contributed by atoms with Crippen molar-refractivity contribution in [2.45, 2.75) is 78.2 Å². The number of allylic oxidation sites excluding steroid dienone is 1. The Morgan fingerprint density at radius 3 is 2.58 bits per heavy atom. The molecular weight excluding hydrogens is 328 g/mol. The van der Waals surface area contributed by atoms with Gasteiger partial charge >= 0.3 is 11.9 Å². The second kappa shape index (κ2) is 6.10. The maximum atomic E-state index is 11.8. The van der Waals surface area contributed by atoms with Gasteiger partial charge in [-0.2, -0.15) is 0 Å². The predicted molar refractivity (Wildman–Crippen MR) is 98.4 cm³/mol. The molecule has 4 aliphatic carbocycles. The molecule has 0 radical (unpaired) electrons. The minimum Gasteiger partial charge on any atom is -0.481 e. The van der Waals surface area contributed by atoms with E-state index in [9.17, 15) is 14.7 Å². The normalized spacial score (nSPS) is 47.2. The Morgan fingerprint density at radius 2 is 1.88 bits per heavy atom. The molecule has 0 aliphatic heterocycles. The first kappa shape index (κ1) is 18.1. The smallest absolute Gasteiger partial charge is 0.307 e. The Labute approximate surface area is 156 Å².